The van der Waals surface area contributed by atoms with Crippen LogP contribution in [0.4, 0.5) is 5.69 Å². The average Bonchev–Trinajstić information content (AvgIpc) is 3.18. The molecule has 5 nitrogen and oxygen atoms in total. The van der Waals surface area contributed by atoms with Gasteiger partial charge in [0, 0.05) is 23.8 Å². The van der Waals surface area contributed by atoms with Crippen LogP contribution in [-0.2, 0) is 6.54 Å². The summed E-state index contributed by atoms with van der Waals surface area (Å²) in [6.07, 6.45) is 5.22. The Morgan fingerprint density at radius 2 is 2.00 bits per heavy atom. The molecule has 0 aliphatic heterocycles. The Bertz CT molecular complexity index is 836. The predicted octanol–water partition coefficient (Wildman–Crippen LogP) is 4.22. The van der Waals surface area contributed by atoms with Crippen LogP contribution in [0, 0.1) is 12.8 Å². The van der Waals surface area contributed by atoms with E-state index in [2.05, 4.69) is 29.2 Å². The number of anilines is 1. The van der Waals surface area contributed by atoms with Crippen LogP contribution in [0.5, 0.6) is 0 Å². The van der Waals surface area contributed by atoms with Gasteiger partial charge in [0.25, 0.3) is 5.91 Å². The number of nitrogens with one attached hydrogen (secondary N) is 1. The van der Waals surface area contributed by atoms with E-state index in [1.54, 1.807) is 18.6 Å². The molecule has 0 aromatic carbocycles. The van der Waals surface area contributed by atoms with Gasteiger partial charge in [0.2, 0.25) is 0 Å². The Balaban J connectivity index is 1.74. The maximum absolute atomic E-state index is 12.5. The maximum Gasteiger partial charge on any atom is 0.265 e. The summed E-state index contributed by atoms with van der Waals surface area (Å²) in [5, 5.41) is 7.31. The van der Waals surface area contributed by atoms with E-state index < -0.39 is 0 Å². The van der Waals surface area contributed by atoms with Gasteiger partial charge in [0.05, 0.1) is 22.5 Å². The number of pyridine rings is 1. The smallest absolute Gasteiger partial charge is 0.265 e. The fraction of sp³-hybridized carbons (Fsp3) is 0.278. The van der Waals surface area contributed by atoms with Crippen LogP contribution in [0.1, 0.15) is 29.2 Å². The van der Waals surface area contributed by atoms with Crippen molar-refractivity contribution in [2.45, 2.75) is 27.3 Å². The van der Waals surface area contributed by atoms with E-state index in [1.165, 1.54) is 11.3 Å². The first-order chi connectivity index (χ1) is 11.5. The average molecular weight is 340 g/mol. The van der Waals surface area contributed by atoms with Crippen molar-refractivity contribution in [3.05, 3.63) is 53.4 Å². The zero-order valence-electron chi connectivity index (χ0n) is 14.0. The van der Waals surface area contributed by atoms with Crippen LogP contribution in [0.3, 0.4) is 0 Å². The Hall–Kier alpha value is -2.47. The molecule has 0 saturated carbocycles. The second kappa shape index (κ2) is 6.97. The van der Waals surface area contributed by atoms with Crippen molar-refractivity contribution < 1.29 is 4.79 Å². The summed E-state index contributed by atoms with van der Waals surface area (Å²) in [5.74, 6) is 0.403. The number of hydrogen-bond acceptors (Lipinski definition) is 4. The van der Waals surface area contributed by atoms with Gasteiger partial charge >= 0.3 is 0 Å². The van der Waals surface area contributed by atoms with Crippen molar-refractivity contribution >= 4 is 22.9 Å². The third kappa shape index (κ3) is 3.54. The lowest BCUT2D eigenvalue weighted by Gasteiger charge is -2.08. The predicted molar refractivity (Wildman–Crippen MR) is 97.3 cm³/mol. The molecule has 0 fully saturated rings. The number of hydrogen-bond donors (Lipinski definition) is 1. The highest BCUT2D eigenvalue weighted by Crippen LogP contribution is 2.28. The van der Waals surface area contributed by atoms with Gasteiger partial charge in [-0.25, -0.2) is 0 Å². The lowest BCUT2D eigenvalue weighted by molar-refractivity contribution is 0.103. The second-order valence-electron chi connectivity index (χ2n) is 6.07. The number of rotatable bonds is 5. The van der Waals surface area contributed by atoms with Crippen LogP contribution in [0.25, 0.3) is 10.4 Å². The van der Waals surface area contributed by atoms with Gasteiger partial charge in [-0.05, 0) is 42.7 Å². The molecule has 0 radical (unpaired) electrons. The number of carbonyl (C=O) groups excluding carboxylic acids is 1. The van der Waals surface area contributed by atoms with E-state index in [0.717, 1.165) is 28.4 Å². The minimum absolute atomic E-state index is 0.104. The summed E-state index contributed by atoms with van der Waals surface area (Å²) < 4.78 is 1.93. The van der Waals surface area contributed by atoms with Crippen molar-refractivity contribution in [1.82, 2.24) is 14.8 Å². The summed E-state index contributed by atoms with van der Waals surface area (Å²) in [4.78, 5) is 18.2. The monoisotopic (exact) mass is 340 g/mol. The Labute approximate surface area is 145 Å². The largest absolute Gasteiger partial charge is 0.318 e. The molecule has 1 N–H and O–H groups in total. The highest BCUT2D eigenvalue weighted by Gasteiger charge is 2.14. The first kappa shape index (κ1) is 16.4. The van der Waals surface area contributed by atoms with E-state index in [-0.39, 0.29) is 5.91 Å². The lowest BCUT2D eigenvalue weighted by atomic mass is 10.2. The zero-order valence-corrected chi connectivity index (χ0v) is 14.8. The Morgan fingerprint density at radius 3 is 2.71 bits per heavy atom. The van der Waals surface area contributed by atoms with Crippen LogP contribution in [0.15, 0.2) is 42.9 Å². The minimum Gasteiger partial charge on any atom is -0.318 e. The molecule has 124 valence electrons. The molecule has 0 aliphatic carbocycles. The molecular formula is C18H20N4OS. The summed E-state index contributed by atoms with van der Waals surface area (Å²) in [7, 11) is 0. The van der Waals surface area contributed by atoms with Gasteiger partial charge in [-0.2, -0.15) is 5.10 Å². The van der Waals surface area contributed by atoms with E-state index in [9.17, 15) is 4.79 Å². The number of aromatic nitrogens is 3. The molecule has 0 aliphatic rings. The molecule has 6 heteroatoms. The fourth-order valence-electron chi connectivity index (χ4n) is 2.41. The molecule has 0 unspecified atom stereocenters. The molecule has 0 atom stereocenters. The quantitative estimate of drug-likeness (QED) is 0.756. The van der Waals surface area contributed by atoms with E-state index in [1.807, 2.05) is 35.9 Å². The molecule has 0 spiro atoms. The summed E-state index contributed by atoms with van der Waals surface area (Å²) in [5.41, 5.74) is 2.80. The van der Waals surface area contributed by atoms with Crippen molar-refractivity contribution in [2.24, 2.45) is 5.92 Å². The Morgan fingerprint density at radius 1 is 1.25 bits per heavy atom. The number of nitrogens with zero attached hydrogens (tertiary/aromatic N) is 3. The van der Waals surface area contributed by atoms with Gasteiger partial charge in [-0.3, -0.25) is 14.5 Å². The normalized spacial score (nSPS) is 11.0. The van der Waals surface area contributed by atoms with Crippen molar-refractivity contribution in [2.75, 3.05) is 5.32 Å². The molecule has 3 aromatic heterocycles. The molecule has 0 bridgehead atoms. The number of carbonyl (C=O) groups is 1. The van der Waals surface area contributed by atoms with Crippen molar-refractivity contribution in [3.8, 4) is 10.4 Å². The summed E-state index contributed by atoms with van der Waals surface area (Å²) >= 11 is 1.47. The molecule has 24 heavy (non-hydrogen) atoms. The third-order valence-corrected chi connectivity index (χ3v) is 4.82. The molecule has 1 amide bonds. The van der Waals surface area contributed by atoms with Crippen LogP contribution < -0.4 is 5.32 Å². The summed E-state index contributed by atoms with van der Waals surface area (Å²) in [6, 6.07) is 7.69. The van der Waals surface area contributed by atoms with E-state index in [4.69, 9.17) is 0 Å². The van der Waals surface area contributed by atoms with Crippen LogP contribution in [0.2, 0.25) is 0 Å². The van der Waals surface area contributed by atoms with Crippen molar-refractivity contribution in [1.29, 1.82) is 0 Å². The fourth-order valence-corrected chi connectivity index (χ4v) is 3.32. The zero-order chi connectivity index (χ0) is 17.1. The SMILES string of the molecule is Cc1c(NC(=O)c2ccc(-c3ccncc3)s2)cnn1CC(C)C. The van der Waals surface area contributed by atoms with Gasteiger partial charge in [0.1, 0.15) is 0 Å². The van der Waals surface area contributed by atoms with Crippen LogP contribution >= 0.6 is 11.3 Å². The Kier molecular flexibility index (Phi) is 4.76. The molecule has 3 heterocycles. The van der Waals surface area contributed by atoms with Gasteiger partial charge < -0.3 is 5.32 Å². The molecular weight excluding hydrogens is 320 g/mol. The van der Waals surface area contributed by atoms with Gasteiger partial charge in [0.15, 0.2) is 0 Å². The lowest BCUT2D eigenvalue weighted by Crippen LogP contribution is -2.12. The summed E-state index contributed by atoms with van der Waals surface area (Å²) in [6.45, 7) is 7.10. The van der Waals surface area contributed by atoms with E-state index >= 15 is 0 Å². The first-order valence-corrected chi connectivity index (χ1v) is 8.70. The molecule has 3 aromatic rings. The topological polar surface area (TPSA) is 59.8 Å². The van der Waals surface area contributed by atoms with Gasteiger partial charge in [-0.15, -0.1) is 11.3 Å². The minimum atomic E-state index is -0.104. The highest BCUT2D eigenvalue weighted by molar-refractivity contribution is 7.17. The van der Waals surface area contributed by atoms with Crippen molar-refractivity contribution in [3.63, 3.8) is 0 Å². The molecule has 3 rings (SSSR count). The second-order valence-corrected chi connectivity index (χ2v) is 7.16. The van der Waals surface area contributed by atoms with E-state index in [0.29, 0.717) is 10.8 Å². The highest BCUT2D eigenvalue weighted by atomic mass is 32.1. The van der Waals surface area contributed by atoms with Gasteiger partial charge in [-0.1, -0.05) is 13.8 Å². The molecule has 0 saturated heterocycles. The standard InChI is InChI=1S/C18H20N4OS/c1-12(2)11-22-13(3)15(10-20-22)21-18(23)17-5-4-16(24-17)14-6-8-19-9-7-14/h4-10,12H,11H2,1-3H3,(H,21,23). The number of thiophene rings is 1. The van der Waals surface area contributed by atoms with Crippen LogP contribution in [-0.4, -0.2) is 20.7 Å². The number of amides is 1. The third-order valence-electron chi connectivity index (χ3n) is 3.68. The maximum atomic E-state index is 12.5. The first-order valence-electron chi connectivity index (χ1n) is 7.88.